The molecule has 1 aliphatic heterocycles. The number of carbonyl (C=O) groups excluding carboxylic acids is 1. The lowest BCUT2D eigenvalue weighted by molar-refractivity contribution is -0.385. The van der Waals surface area contributed by atoms with Crippen molar-refractivity contribution in [1.82, 2.24) is 10.3 Å². The van der Waals surface area contributed by atoms with Crippen LogP contribution in [0.3, 0.4) is 0 Å². The van der Waals surface area contributed by atoms with E-state index in [0.29, 0.717) is 11.8 Å². The van der Waals surface area contributed by atoms with Crippen LogP contribution in [-0.2, 0) is 0 Å². The van der Waals surface area contributed by atoms with Gasteiger partial charge in [0.1, 0.15) is 17.6 Å². The second-order valence-electron chi connectivity index (χ2n) is 4.58. The zero-order valence-electron chi connectivity index (χ0n) is 10.9. The maximum atomic E-state index is 12.1. The zero-order valence-corrected chi connectivity index (χ0v) is 11.7. The number of nitrogen functional groups attached to an aromatic ring is 1. The average molecular weight is 296 g/mol. The highest BCUT2D eigenvalue weighted by Gasteiger charge is 2.22. The van der Waals surface area contributed by atoms with Gasteiger partial charge in [-0.15, -0.1) is 0 Å². The van der Waals surface area contributed by atoms with Gasteiger partial charge in [-0.05, 0) is 24.7 Å². The lowest BCUT2D eigenvalue weighted by atomic mass is 10.1. The van der Waals surface area contributed by atoms with Crippen molar-refractivity contribution in [3.63, 3.8) is 0 Å². The number of aromatic nitrogens is 1. The summed E-state index contributed by atoms with van der Waals surface area (Å²) in [5.41, 5.74) is 5.12. The van der Waals surface area contributed by atoms with Crippen LogP contribution in [0.5, 0.6) is 0 Å². The summed E-state index contributed by atoms with van der Waals surface area (Å²) in [6, 6.07) is 1.24. The van der Waals surface area contributed by atoms with Crippen molar-refractivity contribution < 1.29 is 9.72 Å². The Balaban J connectivity index is 2.04. The van der Waals surface area contributed by atoms with Gasteiger partial charge in [0.05, 0.1) is 4.92 Å². The molecule has 1 aromatic rings. The molecular formula is C12H16N4O3S. The molecule has 3 N–H and O–H groups in total. The molecule has 1 aliphatic rings. The van der Waals surface area contributed by atoms with Gasteiger partial charge in [0, 0.05) is 11.8 Å². The van der Waals surface area contributed by atoms with Crippen LogP contribution in [0, 0.1) is 10.1 Å². The fourth-order valence-corrected chi connectivity index (χ4v) is 3.30. The normalized spacial score (nSPS) is 18.5. The SMILES string of the molecule is Nc1cc(C(=O)NCC2CCCCS2)c([N+](=O)[O-])cn1. The fourth-order valence-electron chi connectivity index (χ4n) is 2.06. The van der Waals surface area contributed by atoms with E-state index in [2.05, 4.69) is 10.3 Å². The van der Waals surface area contributed by atoms with Gasteiger partial charge in [0.15, 0.2) is 0 Å². The van der Waals surface area contributed by atoms with Gasteiger partial charge in [-0.2, -0.15) is 11.8 Å². The summed E-state index contributed by atoms with van der Waals surface area (Å²) in [7, 11) is 0. The molecule has 1 unspecified atom stereocenters. The third-order valence-corrected chi connectivity index (χ3v) is 4.51. The maximum absolute atomic E-state index is 12.1. The molecule has 2 heterocycles. The van der Waals surface area contributed by atoms with E-state index in [9.17, 15) is 14.9 Å². The smallest absolute Gasteiger partial charge is 0.300 e. The van der Waals surface area contributed by atoms with Crippen molar-refractivity contribution in [3.8, 4) is 0 Å². The standard InChI is InChI=1S/C12H16N4O3S/c13-11-5-9(10(7-14-11)16(18)19)12(17)15-6-8-3-1-2-4-20-8/h5,7-8H,1-4,6H2,(H2,13,14)(H,15,17). The first-order valence-corrected chi connectivity index (χ1v) is 7.42. The monoisotopic (exact) mass is 296 g/mol. The van der Waals surface area contributed by atoms with Crippen molar-refractivity contribution in [2.24, 2.45) is 0 Å². The lowest BCUT2D eigenvalue weighted by Gasteiger charge is -2.21. The Bertz CT molecular complexity index is 517. The van der Waals surface area contributed by atoms with Gasteiger partial charge in [-0.1, -0.05) is 6.42 Å². The number of nitrogens with zero attached hydrogens (tertiary/aromatic N) is 2. The third-order valence-electron chi connectivity index (χ3n) is 3.11. The Kier molecular flexibility index (Phi) is 4.78. The molecule has 2 rings (SSSR count). The third kappa shape index (κ3) is 3.60. The van der Waals surface area contributed by atoms with E-state index in [0.717, 1.165) is 24.8 Å². The van der Waals surface area contributed by atoms with E-state index in [1.807, 2.05) is 11.8 Å². The largest absolute Gasteiger partial charge is 0.384 e. The average Bonchev–Trinajstić information content (AvgIpc) is 2.45. The Morgan fingerprint density at radius 1 is 1.60 bits per heavy atom. The second-order valence-corrected chi connectivity index (χ2v) is 5.99. The second kappa shape index (κ2) is 6.56. The minimum absolute atomic E-state index is 0.0386. The minimum Gasteiger partial charge on any atom is -0.384 e. The number of hydrogen-bond donors (Lipinski definition) is 2. The predicted molar refractivity (Wildman–Crippen MR) is 77.7 cm³/mol. The topological polar surface area (TPSA) is 111 Å². The van der Waals surface area contributed by atoms with Crippen LogP contribution in [0.1, 0.15) is 29.6 Å². The number of rotatable bonds is 4. The highest BCUT2D eigenvalue weighted by Crippen LogP contribution is 2.24. The Labute approximate surface area is 120 Å². The summed E-state index contributed by atoms with van der Waals surface area (Å²) in [6.07, 6.45) is 4.45. The number of amides is 1. The van der Waals surface area contributed by atoms with Crippen LogP contribution in [0.2, 0.25) is 0 Å². The molecule has 1 saturated heterocycles. The van der Waals surface area contributed by atoms with Crippen LogP contribution >= 0.6 is 11.8 Å². The van der Waals surface area contributed by atoms with Gasteiger partial charge in [0.2, 0.25) is 0 Å². The van der Waals surface area contributed by atoms with E-state index in [4.69, 9.17) is 5.73 Å². The summed E-state index contributed by atoms with van der Waals surface area (Å²) in [6.45, 7) is 0.517. The number of thioether (sulfide) groups is 1. The first-order chi connectivity index (χ1) is 9.58. The van der Waals surface area contributed by atoms with Crippen molar-refractivity contribution in [1.29, 1.82) is 0 Å². The molecule has 108 valence electrons. The zero-order chi connectivity index (χ0) is 14.5. The number of carbonyl (C=O) groups is 1. The maximum Gasteiger partial charge on any atom is 0.300 e. The molecule has 1 fully saturated rings. The van der Waals surface area contributed by atoms with Crippen LogP contribution < -0.4 is 11.1 Å². The van der Waals surface area contributed by atoms with E-state index in [1.54, 1.807) is 0 Å². The van der Waals surface area contributed by atoms with Gasteiger partial charge >= 0.3 is 0 Å². The van der Waals surface area contributed by atoms with Crippen molar-refractivity contribution in [2.75, 3.05) is 18.0 Å². The summed E-state index contributed by atoms with van der Waals surface area (Å²) in [5.74, 6) is 0.716. The minimum atomic E-state index is -0.628. The number of hydrogen-bond acceptors (Lipinski definition) is 6. The molecule has 0 spiro atoms. The number of nitrogens with two attached hydrogens (primary N) is 1. The Morgan fingerprint density at radius 3 is 3.05 bits per heavy atom. The van der Waals surface area contributed by atoms with E-state index in [1.165, 1.54) is 12.5 Å². The van der Waals surface area contributed by atoms with Gasteiger partial charge < -0.3 is 11.1 Å². The van der Waals surface area contributed by atoms with Crippen molar-refractivity contribution in [2.45, 2.75) is 24.5 Å². The molecule has 0 aliphatic carbocycles. The molecular weight excluding hydrogens is 280 g/mol. The van der Waals surface area contributed by atoms with E-state index < -0.39 is 10.8 Å². The molecule has 0 aromatic carbocycles. The van der Waals surface area contributed by atoms with Crippen LogP contribution in [0.4, 0.5) is 11.5 Å². The van der Waals surface area contributed by atoms with Crippen LogP contribution in [-0.4, -0.2) is 33.4 Å². The van der Waals surface area contributed by atoms with Crippen molar-refractivity contribution >= 4 is 29.2 Å². The van der Waals surface area contributed by atoms with E-state index in [-0.39, 0.29) is 17.1 Å². The highest BCUT2D eigenvalue weighted by molar-refractivity contribution is 7.99. The Morgan fingerprint density at radius 2 is 2.40 bits per heavy atom. The summed E-state index contributed by atoms with van der Waals surface area (Å²) in [5, 5.41) is 14.0. The van der Waals surface area contributed by atoms with Gasteiger partial charge in [-0.3, -0.25) is 14.9 Å². The number of anilines is 1. The fraction of sp³-hybridized carbons (Fsp3) is 0.500. The summed E-state index contributed by atoms with van der Waals surface area (Å²) >= 11 is 1.83. The van der Waals surface area contributed by atoms with Gasteiger partial charge in [0.25, 0.3) is 11.6 Å². The molecule has 7 nitrogen and oxygen atoms in total. The summed E-state index contributed by atoms with van der Waals surface area (Å²) in [4.78, 5) is 26.0. The van der Waals surface area contributed by atoms with Crippen LogP contribution in [0.25, 0.3) is 0 Å². The first kappa shape index (κ1) is 14.6. The number of nitro groups is 1. The molecule has 8 heteroatoms. The highest BCUT2D eigenvalue weighted by atomic mass is 32.2. The van der Waals surface area contributed by atoms with Crippen molar-refractivity contribution in [3.05, 3.63) is 27.9 Å². The number of nitrogens with one attached hydrogen (secondary N) is 1. The first-order valence-electron chi connectivity index (χ1n) is 6.37. The predicted octanol–water partition coefficient (Wildman–Crippen LogP) is 1.59. The van der Waals surface area contributed by atoms with E-state index >= 15 is 0 Å². The summed E-state index contributed by atoms with van der Waals surface area (Å²) < 4.78 is 0. The molecule has 1 atom stereocenters. The molecule has 1 amide bonds. The number of pyridine rings is 1. The quantitative estimate of drug-likeness (QED) is 0.644. The molecule has 20 heavy (non-hydrogen) atoms. The Hall–Kier alpha value is -1.83. The van der Waals surface area contributed by atoms with Crippen LogP contribution in [0.15, 0.2) is 12.3 Å². The molecule has 1 aromatic heterocycles. The lowest BCUT2D eigenvalue weighted by Crippen LogP contribution is -2.32. The van der Waals surface area contributed by atoms with Gasteiger partial charge in [-0.25, -0.2) is 4.98 Å². The molecule has 0 saturated carbocycles. The molecule has 0 bridgehead atoms. The molecule has 0 radical (unpaired) electrons.